The molecule has 2 aromatic carbocycles. The van der Waals surface area contributed by atoms with Crippen molar-refractivity contribution in [1.82, 2.24) is 24.4 Å². The predicted octanol–water partition coefficient (Wildman–Crippen LogP) is 5.05. The highest BCUT2D eigenvalue weighted by molar-refractivity contribution is 9.10. The Balaban J connectivity index is 1.45. The van der Waals surface area contributed by atoms with E-state index in [-0.39, 0.29) is 42.7 Å². The van der Waals surface area contributed by atoms with Crippen LogP contribution in [0.15, 0.2) is 57.9 Å². The molecule has 1 aliphatic carbocycles. The van der Waals surface area contributed by atoms with Gasteiger partial charge in [-0.25, -0.2) is 13.3 Å². The number of rotatable bonds is 5. The normalized spacial score (nSPS) is 16.4. The van der Waals surface area contributed by atoms with Crippen LogP contribution in [0, 0.1) is 5.92 Å². The molecule has 212 valence electrons. The van der Waals surface area contributed by atoms with Crippen molar-refractivity contribution in [1.29, 1.82) is 0 Å². The number of nitrogens with one attached hydrogen (secondary N) is 1. The molecule has 2 aliphatic rings. The third kappa shape index (κ3) is 4.95. The van der Waals surface area contributed by atoms with Gasteiger partial charge in [0.2, 0.25) is 5.92 Å². The van der Waals surface area contributed by atoms with E-state index in [1.54, 1.807) is 58.1 Å². The molecular formula is C29H25BrClF2N5O3. The molecule has 3 heterocycles. The fourth-order valence-corrected chi connectivity index (χ4v) is 6.16. The molecule has 0 saturated heterocycles. The van der Waals surface area contributed by atoms with E-state index in [4.69, 9.17) is 11.6 Å². The highest BCUT2D eigenvalue weighted by Gasteiger charge is 2.45. The Morgan fingerprint density at radius 2 is 1.85 bits per heavy atom. The maximum atomic E-state index is 14.1. The van der Waals surface area contributed by atoms with E-state index in [1.165, 1.54) is 11.6 Å². The van der Waals surface area contributed by atoms with Crippen LogP contribution in [0.3, 0.4) is 0 Å². The van der Waals surface area contributed by atoms with Gasteiger partial charge < -0.3 is 10.2 Å². The van der Waals surface area contributed by atoms with Crippen LogP contribution in [0.4, 0.5) is 8.78 Å². The minimum absolute atomic E-state index is 0.145. The average Bonchev–Trinajstić information content (AvgIpc) is 3.36. The fraction of sp³-hybridized carbons (Fsp3) is 0.310. The third-order valence-electron chi connectivity index (χ3n) is 7.82. The van der Waals surface area contributed by atoms with Crippen LogP contribution in [0.25, 0.3) is 11.3 Å². The van der Waals surface area contributed by atoms with E-state index in [9.17, 15) is 23.2 Å². The summed E-state index contributed by atoms with van der Waals surface area (Å²) in [4.78, 5) is 41.2. The highest BCUT2D eigenvalue weighted by atomic mass is 79.9. The van der Waals surface area contributed by atoms with Gasteiger partial charge in [0, 0.05) is 53.2 Å². The zero-order valence-electron chi connectivity index (χ0n) is 22.0. The molecule has 2 amide bonds. The third-order valence-corrected chi connectivity index (χ3v) is 9.05. The molecular weight excluding hydrogens is 620 g/mol. The Morgan fingerprint density at radius 3 is 2.51 bits per heavy atom. The smallest absolute Gasteiger partial charge is 0.261 e. The van der Waals surface area contributed by atoms with Gasteiger partial charge in [-0.1, -0.05) is 11.6 Å². The Hall–Kier alpha value is -3.57. The molecule has 12 heteroatoms. The molecule has 0 unspecified atom stereocenters. The number of nitrogens with zero attached hydrogens (tertiary/aromatic N) is 4. The molecule has 2 aromatic heterocycles. The van der Waals surface area contributed by atoms with Gasteiger partial charge in [0.1, 0.15) is 5.65 Å². The predicted molar refractivity (Wildman–Crippen MR) is 153 cm³/mol. The number of carbonyl (C=O) groups excluding carboxylic acids is 2. The van der Waals surface area contributed by atoms with Crippen molar-refractivity contribution in [2.45, 2.75) is 38.2 Å². The second kappa shape index (κ2) is 10.4. The Bertz CT molecular complexity index is 1760. The topological polar surface area (TPSA) is 88.7 Å². The molecule has 0 atom stereocenters. The summed E-state index contributed by atoms with van der Waals surface area (Å²) in [6, 6.07) is 11.6. The maximum absolute atomic E-state index is 14.1. The average molecular weight is 645 g/mol. The molecule has 0 bridgehead atoms. The van der Waals surface area contributed by atoms with Crippen LogP contribution >= 0.6 is 27.5 Å². The fourth-order valence-electron chi connectivity index (χ4n) is 5.73. The Morgan fingerprint density at radius 1 is 1.15 bits per heavy atom. The molecule has 8 nitrogen and oxygen atoms in total. The number of hydrogen-bond acceptors (Lipinski definition) is 4. The zero-order chi connectivity index (χ0) is 29.1. The summed E-state index contributed by atoms with van der Waals surface area (Å²) in [5.74, 6) is -3.38. The number of benzene rings is 2. The van der Waals surface area contributed by atoms with Gasteiger partial charge in [0.15, 0.2) is 0 Å². The highest BCUT2D eigenvalue weighted by Crippen LogP contribution is 2.44. The van der Waals surface area contributed by atoms with Crippen molar-refractivity contribution in [3.05, 3.63) is 96.5 Å². The standard InChI is InChI=1S/C29H25BrClF2N5O3/c1-34-25(39)17-2-5-20(6-3-17)37-26-19(10-16-12-29(32,33)13-16)14-35-38(26)24-15-36(9-8-21(24)28(37)41)27(40)18-4-7-22(30)23(31)11-18/h2-7,11,14,16H,8-10,12-13,15H2,1H3,(H,34,39). The van der Waals surface area contributed by atoms with Crippen molar-refractivity contribution in [3.8, 4) is 5.69 Å². The lowest BCUT2D eigenvalue weighted by Gasteiger charge is -2.34. The summed E-state index contributed by atoms with van der Waals surface area (Å²) < 4.78 is 31.2. The number of amides is 2. The molecule has 6 rings (SSSR count). The SMILES string of the molecule is CNC(=O)c1ccc(-n2c(=O)c3c(n4ncc(CC5CC(F)(F)C5)c24)CN(C(=O)c2ccc(Br)c(Cl)c2)CC3)cc1. The monoisotopic (exact) mass is 643 g/mol. The van der Waals surface area contributed by atoms with Crippen molar-refractivity contribution >= 4 is 45.0 Å². The van der Waals surface area contributed by atoms with Crippen LogP contribution in [0.1, 0.15) is 50.4 Å². The molecule has 1 N–H and O–H groups in total. The zero-order valence-corrected chi connectivity index (χ0v) is 24.3. The van der Waals surface area contributed by atoms with Crippen LogP contribution in [-0.2, 0) is 19.4 Å². The first-order valence-corrected chi connectivity index (χ1v) is 14.3. The lowest BCUT2D eigenvalue weighted by atomic mass is 9.78. The number of aromatic nitrogens is 3. The van der Waals surface area contributed by atoms with Gasteiger partial charge in [-0.05, 0) is 77.2 Å². The summed E-state index contributed by atoms with van der Waals surface area (Å²) >= 11 is 9.56. The van der Waals surface area contributed by atoms with E-state index in [0.717, 1.165) is 0 Å². The molecule has 0 radical (unpaired) electrons. The van der Waals surface area contributed by atoms with E-state index >= 15 is 0 Å². The number of carbonyl (C=O) groups is 2. The van der Waals surface area contributed by atoms with Crippen LogP contribution in [0.5, 0.6) is 0 Å². The van der Waals surface area contributed by atoms with E-state index < -0.39 is 5.92 Å². The largest absolute Gasteiger partial charge is 0.355 e. The minimum Gasteiger partial charge on any atom is -0.355 e. The number of fused-ring (bicyclic) bond motifs is 3. The molecule has 1 saturated carbocycles. The van der Waals surface area contributed by atoms with Gasteiger partial charge in [-0.3, -0.25) is 19.0 Å². The quantitative estimate of drug-likeness (QED) is 0.330. The molecule has 0 spiro atoms. The second-order valence-electron chi connectivity index (χ2n) is 10.5. The Kier molecular flexibility index (Phi) is 6.97. The number of hydrogen-bond donors (Lipinski definition) is 1. The second-order valence-corrected chi connectivity index (χ2v) is 11.8. The number of halogens is 4. The lowest BCUT2D eigenvalue weighted by Crippen LogP contribution is -2.41. The molecule has 1 aliphatic heterocycles. The van der Waals surface area contributed by atoms with Crippen LogP contribution in [-0.4, -0.2) is 50.4 Å². The summed E-state index contributed by atoms with van der Waals surface area (Å²) in [6.45, 7) is 0.466. The van der Waals surface area contributed by atoms with Crippen LogP contribution in [0.2, 0.25) is 5.02 Å². The van der Waals surface area contributed by atoms with Gasteiger partial charge in [0.05, 0.1) is 29.1 Å². The van der Waals surface area contributed by atoms with E-state index in [0.29, 0.717) is 68.2 Å². The van der Waals surface area contributed by atoms with Gasteiger partial charge in [-0.2, -0.15) is 5.10 Å². The van der Waals surface area contributed by atoms with Crippen molar-refractivity contribution in [2.75, 3.05) is 13.6 Å². The minimum atomic E-state index is -2.67. The molecule has 41 heavy (non-hydrogen) atoms. The van der Waals surface area contributed by atoms with E-state index in [1.807, 2.05) is 0 Å². The van der Waals surface area contributed by atoms with E-state index in [2.05, 4.69) is 26.3 Å². The summed E-state index contributed by atoms with van der Waals surface area (Å²) in [5, 5.41) is 7.59. The first kappa shape index (κ1) is 27.6. The van der Waals surface area contributed by atoms with Gasteiger partial charge in [0.25, 0.3) is 17.4 Å². The number of alkyl halides is 2. The van der Waals surface area contributed by atoms with Gasteiger partial charge in [-0.15, -0.1) is 0 Å². The van der Waals surface area contributed by atoms with Crippen LogP contribution < -0.4 is 10.9 Å². The summed E-state index contributed by atoms with van der Waals surface area (Å²) in [7, 11) is 1.54. The maximum Gasteiger partial charge on any atom is 0.261 e. The van der Waals surface area contributed by atoms with Crippen molar-refractivity contribution in [2.24, 2.45) is 5.92 Å². The molecule has 4 aromatic rings. The summed E-state index contributed by atoms with van der Waals surface area (Å²) in [5.41, 5.74) is 3.37. The lowest BCUT2D eigenvalue weighted by molar-refractivity contribution is -0.109. The first-order valence-electron chi connectivity index (χ1n) is 13.1. The van der Waals surface area contributed by atoms with Gasteiger partial charge >= 0.3 is 0 Å². The van der Waals surface area contributed by atoms with Crippen molar-refractivity contribution < 1.29 is 18.4 Å². The van der Waals surface area contributed by atoms with Crippen molar-refractivity contribution in [3.63, 3.8) is 0 Å². The summed E-state index contributed by atoms with van der Waals surface area (Å²) in [6.07, 6.45) is 1.85. The first-order chi connectivity index (χ1) is 19.6. The Labute approximate surface area is 247 Å². The molecule has 1 fully saturated rings.